The van der Waals surface area contributed by atoms with Gasteiger partial charge in [-0.3, -0.25) is 14.9 Å². The highest BCUT2D eigenvalue weighted by molar-refractivity contribution is 7.18. The molecule has 1 aromatic heterocycles. The van der Waals surface area contributed by atoms with Crippen molar-refractivity contribution in [2.24, 2.45) is 0 Å². The molecule has 9 heteroatoms. The van der Waals surface area contributed by atoms with Crippen LogP contribution in [0.15, 0.2) is 36.4 Å². The van der Waals surface area contributed by atoms with Crippen LogP contribution in [-0.2, 0) is 11.3 Å². The molecule has 1 fully saturated rings. The van der Waals surface area contributed by atoms with Crippen molar-refractivity contribution in [2.75, 3.05) is 13.7 Å². The lowest BCUT2D eigenvalue weighted by atomic mass is 9.99. The van der Waals surface area contributed by atoms with E-state index in [1.165, 1.54) is 12.0 Å². The van der Waals surface area contributed by atoms with Gasteiger partial charge in [0, 0.05) is 17.7 Å². The van der Waals surface area contributed by atoms with Crippen LogP contribution in [0.4, 0.5) is 4.79 Å². The summed E-state index contributed by atoms with van der Waals surface area (Å²) in [6.07, 6.45) is 0. The molecule has 0 radical (unpaired) electrons. The largest absolute Gasteiger partial charge is 0.497 e. The minimum absolute atomic E-state index is 0.0741. The molecule has 3 heterocycles. The highest BCUT2D eigenvalue weighted by Crippen LogP contribution is 2.28. The van der Waals surface area contributed by atoms with Crippen LogP contribution in [0.5, 0.6) is 5.75 Å². The van der Waals surface area contributed by atoms with E-state index in [4.69, 9.17) is 4.74 Å². The van der Waals surface area contributed by atoms with Gasteiger partial charge in [0.05, 0.1) is 28.9 Å². The molecular weight excluding hydrogens is 428 g/mol. The van der Waals surface area contributed by atoms with Gasteiger partial charge in [-0.1, -0.05) is 17.9 Å². The molecule has 1 saturated heterocycles. The van der Waals surface area contributed by atoms with Gasteiger partial charge < -0.3 is 15.0 Å². The van der Waals surface area contributed by atoms with Crippen molar-refractivity contribution in [3.05, 3.63) is 58.1 Å². The van der Waals surface area contributed by atoms with E-state index in [1.54, 1.807) is 23.5 Å². The van der Waals surface area contributed by atoms with Gasteiger partial charge in [-0.2, -0.15) is 0 Å². The molecule has 4 amide bonds. The first-order valence-corrected chi connectivity index (χ1v) is 10.7. The third-order valence-corrected chi connectivity index (χ3v) is 6.41. The van der Waals surface area contributed by atoms with Gasteiger partial charge in [0.2, 0.25) is 5.54 Å². The van der Waals surface area contributed by atoms with Crippen molar-refractivity contribution < 1.29 is 19.1 Å². The Morgan fingerprint density at radius 2 is 2.06 bits per heavy atom. The van der Waals surface area contributed by atoms with Crippen molar-refractivity contribution >= 4 is 39.4 Å². The molecule has 5 rings (SSSR count). The van der Waals surface area contributed by atoms with Crippen LogP contribution in [0.1, 0.15) is 26.5 Å². The van der Waals surface area contributed by atoms with Crippen molar-refractivity contribution in [1.82, 2.24) is 20.5 Å². The van der Waals surface area contributed by atoms with E-state index >= 15 is 0 Å². The summed E-state index contributed by atoms with van der Waals surface area (Å²) in [4.78, 5) is 43.7. The van der Waals surface area contributed by atoms with Crippen molar-refractivity contribution in [2.45, 2.75) is 19.0 Å². The Kier molecular flexibility index (Phi) is 4.60. The zero-order valence-corrected chi connectivity index (χ0v) is 18.1. The van der Waals surface area contributed by atoms with E-state index in [9.17, 15) is 14.4 Å². The Hall–Kier alpha value is -3.90. The molecule has 0 spiro atoms. The second-order valence-corrected chi connectivity index (χ2v) is 8.90. The summed E-state index contributed by atoms with van der Waals surface area (Å²) in [5.41, 5.74) is 1.38. The number of nitrogens with one attached hydrogen (secondary N) is 2. The third-order valence-electron chi connectivity index (χ3n) is 5.48. The number of carbonyl (C=O) groups is 3. The predicted octanol–water partition coefficient (Wildman–Crippen LogP) is 2.20. The van der Waals surface area contributed by atoms with Gasteiger partial charge in [-0.05, 0) is 42.8 Å². The molecule has 2 aliphatic rings. The number of aromatic nitrogens is 1. The summed E-state index contributed by atoms with van der Waals surface area (Å²) in [7, 11) is 1.53. The molecule has 0 saturated carbocycles. The summed E-state index contributed by atoms with van der Waals surface area (Å²) in [5.74, 6) is 5.69. The number of methoxy groups -OCH3 is 1. The maximum Gasteiger partial charge on any atom is 0.323 e. The lowest BCUT2D eigenvalue weighted by molar-refractivity contribution is -0.122. The molecule has 2 N–H and O–H groups in total. The normalized spacial score (nSPS) is 19.4. The summed E-state index contributed by atoms with van der Waals surface area (Å²) >= 11 is 1.56. The van der Waals surface area contributed by atoms with E-state index in [0.717, 1.165) is 20.8 Å². The number of nitrogens with zero attached hydrogens (tertiary/aromatic N) is 2. The zero-order valence-electron chi connectivity index (χ0n) is 17.3. The maximum atomic E-state index is 13.0. The number of ether oxygens (including phenoxy) is 1. The fourth-order valence-corrected chi connectivity index (χ4v) is 4.77. The van der Waals surface area contributed by atoms with E-state index in [-0.39, 0.29) is 12.5 Å². The Bertz CT molecular complexity index is 1370. The molecular formula is C23H18N4O4S. The summed E-state index contributed by atoms with van der Waals surface area (Å²) in [5, 5.41) is 5.82. The van der Waals surface area contributed by atoms with Crippen LogP contribution in [-0.4, -0.2) is 46.9 Å². The SMILES string of the molecule is COc1ccc2c(c1)C(=O)N(C[C@@]1(C#Cc3ccc4nc(C)sc4c3)NC(=O)NC1=O)C2. The molecule has 3 aromatic rings. The van der Waals surface area contributed by atoms with Crippen molar-refractivity contribution in [3.8, 4) is 17.6 Å². The van der Waals surface area contributed by atoms with Gasteiger partial charge in [-0.15, -0.1) is 11.3 Å². The number of imide groups is 1. The molecule has 160 valence electrons. The van der Waals surface area contributed by atoms with E-state index < -0.39 is 17.5 Å². The van der Waals surface area contributed by atoms with Crippen LogP contribution in [0.3, 0.4) is 0 Å². The summed E-state index contributed by atoms with van der Waals surface area (Å²) in [6.45, 7) is 2.18. The number of fused-ring (bicyclic) bond motifs is 2. The van der Waals surface area contributed by atoms with Crippen LogP contribution < -0.4 is 15.4 Å². The van der Waals surface area contributed by atoms with Gasteiger partial charge in [0.1, 0.15) is 5.75 Å². The number of amides is 4. The minimum Gasteiger partial charge on any atom is -0.497 e. The molecule has 8 nitrogen and oxygen atoms in total. The molecule has 0 bridgehead atoms. The number of hydrogen-bond donors (Lipinski definition) is 2. The number of urea groups is 1. The summed E-state index contributed by atoms with van der Waals surface area (Å²) in [6, 6.07) is 10.2. The Morgan fingerprint density at radius 1 is 1.22 bits per heavy atom. The summed E-state index contributed by atoms with van der Waals surface area (Å²) < 4.78 is 6.20. The molecule has 32 heavy (non-hydrogen) atoms. The van der Waals surface area contributed by atoms with Crippen LogP contribution in [0.2, 0.25) is 0 Å². The van der Waals surface area contributed by atoms with Crippen molar-refractivity contribution in [3.63, 3.8) is 0 Å². The van der Waals surface area contributed by atoms with E-state index in [0.29, 0.717) is 23.4 Å². The maximum absolute atomic E-state index is 13.0. The van der Waals surface area contributed by atoms with Gasteiger partial charge in [0.15, 0.2) is 0 Å². The van der Waals surface area contributed by atoms with Gasteiger partial charge in [0.25, 0.3) is 11.8 Å². The Balaban J connectivity index is 1.47. The van der Waals surface area contributed by atoms with Gasteiger partial charge in [-0.25, -0.2) is 9.78 Å². The smallest absolute Gasteiger partial charge is 0.323 e. The predicted molar refractivity (Wildman–Crippen MR) is 118 cm³/mol. The number of rotatable bonds is 3. The molecule has 1 atom stereocenters. The minimum atomic E-state index is -1.54. The highest BCUT2D eigenvalue weighted by Gasteiger charge is 2.48. The Labute approximate surface area is 187 Å². The number of hydrogen-bond acceptors (Lipinski definition) is 6. The quantitative estimate of drug-likeness (QED) is 0.475. The van der Waals surface area contributed by atoms with Crippen LogP contribution in [0.25, 0.3) is 10.2 Å². The average Bonchev–Trinajstić information content (AvgIpc) is 3.38. The first-order valence-electron chi connectivity index (χ1n) is 9.87. The second kappa shape index (κ2) is 7.35. The lowest BCUT2D eigenvalue weighted by Crippen LogP contribution is -2.54. The Morgan fingerprint density at radius 3 is 2.81 bits per heavy atom. The van der Waals surface area contributed by atoms with Crippen LogP contribution >= 0.6 is 11.3 Å². The number of carbonyl (C=O) groups excluding carboxylic acids is 3. The molecule has 0 aliphatic carbocycles. The number of aryl methyl sites for hydroxylation is 1. The second-order valence-electron chi connectivity index (χ2n) is 7.66. The monoisotopic (exact) mass is 446 g/mol. The zero-order chi connectivity index (χ0) is 22.5. The average molecular weight is 446 g/mol. The lowest BCUT2D eigenvalue weighted by Gasteiger charge is -2.26. The number of thiazole rings is 1. The van der Waals surface area contributed by atoms with Crippen LogP contribution in [0, 0.1) is 18.8 Å². The van der Waals surface area contributed by atoms with E-state index in [1.807, 2.05) is 31.2 Å². The standard InChI is InChI=1S/C23H18N4O4S/c1-13-24-18-6-3-14(9-19(18)32-13)7-8-23(21(29)25-22(30)26-23)12-27-11-15-4-5-16(31-2)10-17(15)20(27)28/h3-6,9-10H,11-12H2,1-2H3,(H2,25,26,29,30)/t23-/m1/s1. The highest BCUT2D eigenvalue weighted by atomic mass is 32.1. The molecule has 2 aliphatic heterocycles. The van der Waals surface area contributed by atoms with E-state index in [2.05, 4.69) is 27.5 Å². The third kappa shape index (κ3) is 3.35. The molecule has 0 unspecified atom stereocenters. The fraction of sp³-hybridized carbons (Fsp3) is 0.217. The molecule has 2 aromatic carbocycles. The fourth-order valence-electron chi connectivity index (χ4n) is 3.91. The van der Waals surface area contributed by atoms with Gasteiger partial charge >= 0.3 is 6.03 Å². The first-order chi connectivity index (χ1) is 15.4. The first kappa shape index (κ1) is 20.0. The topological polar surface area (TPSA) is 101 Å². The van der Waals surface area contributed by atoms with Crippen molar-refractivity contribution in [1.29, 1.82) is 0 Å². The number of benzene rings is 2.